The lowest BCUT2D eigenvalue weighted by Gasteiger charge is -2.57. The Hall–Kier alpha value is -3.36. The summed E-state index contributed by atoms with van der Waals surface area (Å²) in [7, 11) is 1.21. The molecule has 13 nitrogen and oxygen atoms in total. The molecule has 30 heavy (non-hydrogen) atoms. The number of carboxylic acids is 1. The molecule has 4 N–H and O–H groups in total. The highest BCUT2D eigenvalue weighted by Gasteiger charge is 2.66. The predicted molar refractivity (Wildman–Crippen MR) is 99.3 cm³/mol. The highest BCUT2D eigenvalue weighted by atomic mass is 32.2. The van der Waals surface area contributed by atoms with E-state index in [1.807, 2.05) is 0 Å². The lowest BCUT2D eigenvalue weighted by Crippen LogP contribution is -2.79. The van der Waals surface area contributed by atoms with Gasteiger partial charge in [0.25, 0.3) is 5.91 Å². The number of β-lactam (4-membered cyclic amide) rings is 1. The fraction of sp³-hybridized carbons (Fsp3) is 0.312. The Balaban J connectivity index is 1.83. The summed E-state index contributed by atoms with van der Waals surface area (Å²) in [5.41, 5.74) is 3.80. The molecule has 0 aromatic carbocycles. The molecule has 3 atom stereocenters. The molecule has 3 rings (SSSR count). The second kappa shape index (κ2) is 8.17. The Morgan fingerprint density at radius 1 is 1.50 bits per heavy atom. The molecule has 160 valence electrons. The number of amides is 3. The van der Waals surface area contributed by atoms with Gasteiger partial charge >= 0.3 is 18.0 Å². The number of primary amides is 1. The third-order valence-electron chi connectivity index (χ3n) is 4.36. The quantitative estimate of drug-likeness (QED) is 0.163. The molecule has 2 aliphatic rings. The van der Waals surface area contributed by atoms with E-state index in [4.69, 9.17) is 10.2 Å². The van der Waals surface area contributed by atoms with E-state index in [1.165, 1.54) is 25.5 Å². The first-order valence-electron chi connectivity index (χ1n) is 8.31. The zero-order chi connectivity index (χ0) is 22.1. The van der Waals surface area contributed by atoms with Crippen LogP contribution in [0.25, 0.3) is 0 Å². The van der Waals surface area contributed by atoms with E-state index in [9.17, 15) is 29.5 Å². The SMILES string of the molecule is CO/N=C(\C(=O)N[C@@H]1C(=O)[N+]2([O-])C(C(=O)O)=C(COC(N)=O)CS[C@H]12)c1ccco1. The Labute approximate surface area is 172 Å². The Morgan fingerprint density at radius 2 is 2.23 bits per heavy atom. The second-order valence-electron chi connectivity index (χ2n) is 6.11. The molecule has 0 saturated carbocycles. The molecule has 0 radical (unpaired) electrons. The van der Waals surface area contributed by atoms with Crippen LogP contribution in [-0.2, 0) is 24.0 Å². The van der Waals surface area contributed by atoms with Crippen LogP contribution in [0.15, 0.2) is 39.2 Å². The van der Waals surface area contributed by atoms with Crippen molar-refractivity contribution in [2.75, 3.05) is 19.5 Å². The number of fused-ring (bicyclic) bond motifs is 1. The van der Waals surface area contributed by atoms with Gasteiger partial charge in [0, 0.05) is 11.3 Å². The molecule has 1 fully saturated rings. The van der Waals surface area contributed by atoms with Crippen molar-refractivity contribution in [3.8, 4) is 0 Å². The number of carbonyl (C=O) groups is 4. The number of carbonyl (C=O) groups excluding carboxylic acids is 3. The number of ether oxygens (including phenoxy) is 1. The van der Waals surface area contributed by atoms with Gasteiger partial charge in [-0.25, -0.2) is 19.0 Å². The van der Waals surface area contributed by atoms with Crippen LogP contribution in [0.1, 0.15) is 5.76 Å². The summed E-state index contributed by atoms with van der Waals surface area (Å²) < 4.78 is 7.87. The van der Waals surface area contributed by atoms with Crippen molar-refractivity contribution in [1.82, 2.24) is 5.32 Å². The molecule has 14 heteroatoms. The van der Waals surface area contributed by atoms with E-state index in [-0.39, 0.29) is 22.8 Å². The van der Waals surface area contributed by atoms with E-state index < -0.39 is 52.2 Å². The van der Waals surface area contributed by atoms with Crippen molar-refractivity contribution in [3.63, 3.8) is 0 Å². The number of furan rings is 1. The van der Waals surface area contributed by atoms with Gasteiger partial charge in [0.15, 0.2) is 11.1 Å². The Morgan fingerprint density at radius 3 is 2.80 bits per heavy atom. The molecule has 1 unspecified atom stereocenters. The van der Waals surface area contributed by atoms with Crippen molar-refractivity contribution >= 4 is 41.4 Å². The highest BCUT2D eigenvalue weighted by Crippen LogP contribution is 2.47. The zero-order valence-electron chi connectivity index (χ0n) is 15.4. The number of nitrogens with one attached hydrogen (secondary N) is 1. The largest absolute Gasteiger partial charge is 0.619 e. The van der Waals surface area contributed by atoms with Crippen LogP contribution in [0.2, 0.25) is 0 Å². The number of nitrogens with two attached hydrogens (primary N) is 1. The van der Waals surface area contributed by atoms with E-state index in [0.29, 0.717) is 0 Å². The summed E-state index contributed by atoms with van der Waals surface area (Å²) >= 11 is 0.945. The standard InChI is InChI=1S/C16H16N4O9S/c1-27-19-9(8-3-2-4-28-8)12(21)18-10-13(22)20(26)11(15(23)24)7(5-29-16(17)25)6-30-14(10)20/h2-4,10,14H,5-6H2,1H3,(H2,17,25)(H,18,21)(H,23,24)/b19-9-/t10-,14-,20?/m1/s1. The predicted octanol–water partition coefficient (Wildman–Crippen LogP) is -0.523. The lowest BCUT2D eigenvalue weighted by molar-refractivity contribution is -0.805. The normalized spacial score (nSPS) is 25.8. The van der Waals surface area contributed by atoms with Crippen LogP contribution in [0.3, 0.4) is 0 Å². The number of nitrogens with zero attached hydrogens (tertiary/aromatic N) is 2. The fourth-order valence-corrected chi connectivity index (χ4v) is 4.50. The molecule has 0 bridgehead atoms. The van der Waals surface area contributed by atoms with Gasteiger partial charge in [0.2, 0.25) is 17.5 Å². The van der Waals surface area contributed by atoms with E-state index >= 15 is 0 Å². The smallest absolute Gasteiger partial charge is 0.404 e. The maximum Gasteiger partial charge on any atom is 0.404 e. The van der Waals surface area contributed by atoms with Gasteiger partial charge < -0.3 is 35.4 Å². The number of oxime groups is 1. The first-order chi connectivity index (χ1) is 14.2. The van der Waals surface area contributed by atoms with E-state index in [0.717, 1.165) is 11.8 Å². The maximum atomic E-state index is 13.1. The van der Waals surface area contributed by atoms with Gasteiger partial charge in [0.1, 0.15) is 13.7 Å². The van der Waals surface area contributed by atoms with Crippen molar-refractivity contribution in [3.05, 3.63) is 40.6 Å². The summed E-state index contributed by atoms with van der Waals surface area (Å²) in [5, 5.41) is 27.4. The average Bonchev–Trinajstić information content (AvgIpc) is 3.22. The maximum absolute atomic E-state index is 13.1. The lowest BCUT2D eigenvalue weighted by atomic mass is 10.0. The Kier molecular flexibility index (Phi) is 5.82. The number of hydroxylamine groups is 3. The molecular weight excluding hydrogens is 424 g/mol. The average molecular weight is 440 g/mol. The summed E-state index contributed by atoms with van der Waals surface area (Å²) in [6, 6.07) is 1.68. The first-order valence-corrected chi connectivity index (χ1v) is 9.36. The minimum absolute atomic E-state index is 0.0152. The number of quaternary nitrogens is 1. The van der Waals surface area contributed by atoms with E-state index in [1.54, 1.807) is 0 Å². The van der Waals surface area contributed by atoms with Gasteiger partial charge in [-0.15, -0.1) is 0 Å². The number of carboxylic acid groups (broad SMARTS) is 1. The summed E-state index contributed by atoms with van der Waals surface area (Å²) in [6.45, 7) is -0.535. The molecule has 3 heterocycles. The summed E-state index contributed by atoms with van der Waals surface area (Å²) in [6.07, 6.45) is 0.151. The molecule has 3 amide bonds. The van der Waals surface area contributed by atoms with Crippen LogP contribution >= 0.6 is 11.8 Å². The molecule has 0 spiro atoms. The molecule has 2 aliphatic heterocycles. The number of hydrogen-bond acceptors (Lipinski definition) is 10. The van der Waals surface area contributed by atoms with Crippen molar-refractivity contribution in [2.45, 2.75) is 11.4 Å². The van der Waals surface area contributed by atoms with Crippen LogP contribution < -0.4 is 11.1 Å². The number of rotatable bonds is 7. The molecule has 1 aromatic rings. The first kappa shape index (κ1) is 21.4. The third-order valence-corrected chi connectivity index (χ3v) is 5.79. The Bertz CT molecular complexity index is 958. The summed E-state index contributed by atoms with van der Waals surface area (Å²) in [4.78, 5) is 52.3. The van der Waals surface area contributed by atoms with Crippen molar-refractivity contribution < 1.29 is 42.9 Å². The topological polar surface area (TPSA) is 194 Å². The van der Waals surface area contributed by atoms with E-state index in [2.05, 4.69) is 20.0 Å². The second-order valence-corrected chi connectivity index (χ2v) is 7.22. The minimum Gasteiger partial charge on any atom is -0.619 e. The zero-order valence-corrected chi connectivity index (χ0v) is 16.2. The molecular formula is C16H16N4O9S. The highest BCUT2D eigenvalue weighted by molar-refractivity contribution is 8.00. The third kappa shape index (κ3) is 3.51. The van der Waals surface area contributed by atoms with Crippen LogP contribution in [-0.4, -0.2) is 70.2 Å². The van der Waals surface area contributed by atoms with Gasteiger partial charge in [-0.2, -0.15) is 0 Å². The van der Waals surface area contributed by atoms with Crippen LogP contribution in [0.4, 0.5) is 4.79 Å². The number of thioether (sulfide) groups is 1. The van der Waals surface area contributed by atoms with Gasteiger partial charge in [0.05, 0.1) is 6.26 Å². The van der Waals surface area contributed by atoms with Crippen molar-refractivity contribution in [2.24, 2.45) is 10.9 Å². The molecule has 0 aliphatic carbocycles. The molecule has 1 saturated heterocycles. The fourth-order valence-electron chi connectivity index (χ4n) is 3.12. The minimum atomic E-state index is -1.81. The number of aliphatic carboxylic acids is 1. The van der Waals surface area contributed by atoms with Gasteiger partial charge in [-0.1, -0.05) is 16.9 Å². The van der Waals surface area contributed by atoms with Crippen molar-refractivity contribution in [1.29, 1.82) is 0 Å². The van der Waals surface area contributed by atoms with Crippen LogP contribution in [0.5, 0.6) is 0 Å². The van der Waals surface area contributed by atoms with Gasteiger partial charge in [-0.3, -0.25) is 4.79 Å². The number of hydrogen-bond donors (Lipinski definition) is 3. The molecule has 1 aromatic heterocycles. The summed E-state index contributed by atoms with van der Waals surface area (Å²) in [5.74, 6) is -3.52. The van der Waals surface area contributed by atoms with Gasteiger partial charge in [-0.05, 0) is 12.1 Å². The monoisotopic (exact) mass is 440 g/mol. The van der Waals surface area contributed by atoms with Crippen LogP contribution in [0, 0.1) is 5.21 Å².